The van der Waals surface area contributed by atoms with Gasteiger partial charge in [-0.25, -0.2) is 0 Å². The minimum Gasteiger partial charge on any atom is -0.481 e. The number of carboxylic acids is 1. The first-order valence-corrected chi connectivity index (χ1v) is 7.48. The predicted octanol–water partition coefficient (Wildman–Crippen LogP) is 3.10. The molecular weight excluding hydrogens is 266 g/mol. The monoisotopic (exact) mass is 289 g/mol. The minimum atomic E-state index is -1.02. The number of aryl methyl sites for hydroxylation is 1. The lowest BCUT2D eigenvalue weighted by molar-refractivity contribution is -0.153. The van der Waals surface area contributed by atoms with Crippen molar-refractivity contribution in [1.82, 2.24) is 0 Å². The van der Waals surface area contributed by atoms with E-state index in [1.165, 1.54) is 5.56 Å². The second-order valence-corrected chi connectivity index (χ2v) is 6.33. The lowest BCUT2D eigenvalue weighted by Crippen LogP contribution is -2.42. The zero-order chi connectivity index (χ0) is 15.6. The van der Waals surface area contributed by atoms with Gasteiger partial charge >= 0.3 is 5.97 Å². The number of carbonyl (C=O) groups is 2. The van der Waals surface area contributed by atoms with Gasteiger partial charge in [0.05, 0.1) is 5.41 Å². The second kappa shape index (κ2) is 5.88. The van der Waals surface area contributed by atoms with E-state index in [0.29, 0.717) is 6.54 Å². The van der Waals surface area contributed by atoms with E-state index in [4.69, 9.17) is 0 Å². The van der Waals surface area contributed by atoms with Crippen LogP contribution in [-0.4, -0.2) is 23.5 Å². The highest BCUT2D eigenvalue weighted by molar-refractivity contribution is 5.97. The number of aliphatic carboxylic acids is 1. The Morgan fingerprint density at radius 3 is 2.62 bits per heavy atom. The molecule has 1 aromatic carbocycles. The zero-order valence-electron chi connectivity index (χ0n) is 12.9. The molecule has 0 spiro atoms. The summed E-state index contributed by atoms with van der Waals surface area (Å²) in [6.45, 7) is 6.04. The fourth-order valence-electron chi connectivity index (χ4n) is 2.73. The van der Waals surface area contributed by atoms with Gasteiger partial charge in [0.1, 0.15) is 0 Å². The van der Waals surface area contributed by atoms with Crippen molar-refractivity contribution in [3.63, 3.8) is 0 Å². The summed E-state index contributed by atoms with van der Waals surface area (Å²) in [6, 6.07) is 7.87. The summed E-state index contributed by atoms with van der Waals surface area (Å²) in [6.07, 6.45) is 1.93. The summed E-state index contributed by atoms with van der Waals surface area (Å²) in [4.78, 5) is 26.0. The molecule has 1 heterocycles. The molecule has 114 valence electrons. The second-order valence-electron chi connectivity index (χ2n) is 6.33. The molecule has 0 bridgehead atoms. The maximum Gasteiger partial charge on any atom is 0.310 e. The number of hydrogen-bond acceptors (Lipinski definition) is 2. The summed E-state index contributed by atoms with van der Waals surface area (Å²) in [5.74, 6) is -1.10. The van der Waals surface area contributed by atoms with E-state index in [9.17, 15) is 14.7 Å². The van der Waals surface area contributed by atoms with Gasteiger partial charge in [-0.3, -0.25) is 9.59 Å². The van der Waals surface area contributed by atoms with Crippen molar-refractivity contribution in [1.29, 1.82) is 0 Å². The van der Waals surface area contributed by atoms with Crippen LogP contribution in [0.4, 0.5) is 5.69 Å². The molecule has 0 aliphatic carbocycles. The third-order valence-electron chi connectivity index (χ3n) is 4.69. The highest BCUT2D eigenvalue weighted by Crippen LogP contribution is 2.34. The SMILES string of the molecule is CC(C)C(C)(CC(=O)N1CCCc2ccccc21)C(=O)O. The van der Waals surface area contributed by atoms with Crippen molar-refractivity contribution in [2.75, 3.05) is 11.4 Å². The number of fused-ring (bicyclic) bond motifs is 1. The number of rotatable bonds is 4. The number of benzene rings is 1. The number of amides is 1. The maximum atomic E-state index is 12.6. The highest BCUT2D eigenvalue weighted by Gasteiger charge is 2.40. The quantitative estimate of drug-likeness (QED) is 0.926. The summed E-state index contributed by atoms with van der Waals surface area (Å²) < 4.78 is 0. The molecule has 1 aliphatic rings. The molecule has 0 saturated carbocycles. The third kappa shape index (κ3) is 2.94. The molecule has 1 amide bonds. The molecule has 1 aliphatic heterocycles. The summed E-state index contributed by atoms with van der Waals surface area (Å²) in [5, 5.41) is 9.47. The average Bonchev–Trinajstić information content (AvgIpc) is 2.46. The molecule has 4 nitrogen and oxygen atoms in total. The standard InChI is InChI=1S/C17H23NO3/c1-12(2)17(3,16(20)21)11-15(19)18-10-6-8-13-7-4-5-9-14(13)18/h4-5,7,9,12H,6,8,10-11H2,1-3H3,(H,20,21). The van der Waals surface area contributed by atoms with Gasteiger partial charge in [-0.15, -0.1) is 0 Å². The third-order valence-corrected chi connectivity index (χ3v) is 4.69. The number of carboxylic acid groups (broad SMARTS) is 1. The molecule has 0 radical (unpaired) electrons. The number of nitrogens with zero attached hydrogens (tertiary/aromatic N) is 1. The Labute approximate surface area is 125 Å². The molecule has 21 heavy (non-hydrogen) atoms. The van der Waals surface area contributed by atoms with E-state index in [0.717, 1.165) is 18.5 Å². The largest absolute Gasteiger partial charge is 0.481 e. The van der Waals surface area contributed by atoms with Crippen LogP contribution in [-0.2, 0) is 16.0 Å². The van der Waals surface area contributed by atoms with Gasteiger partial charge in [-0.1, -0.05) is 32.0 Å². The summed E-state index contributed by atoms with van der Waals surface area (Å²) in [5.41, 5.74) is 1.08. The van der Waals surface area contributed by atoms with E-state index in [1.807, 2.05) is 38.1 Å². The van der Waals surface area contributed by atoms with Crippen LogP contribution in [0.5, 0.6) is 0 Å². The molecule has 1 N–H and O–H groups in total. The number of anilines is 1. The minimum absolute atomic E-state index is 0.0360. The molecule has 1 unspecified atom stereocenters. The molecule has 4 heteroatoms. The Bertz CT molecular complexity index is 553. The molecule has 1 aromatic rings. The lowest BCUT2D eigenvalue weighted by Gasteiger charge is -2.34. The van der Waals surface area contributed by atoms with E-state index in [2.05, 4.69) is 0 Å². The van der Waals surface area contributed by atoms with Gasteiger partial charge in [0.2, 0.25) is 5.91 Å². The van der Waals surface area contributed by atoms with Crippen molar-refractivity contribution in [3.8, 4) is 0 Å². The molecule has 1 atom stereocenters. The first kappa shape index (κ1) is 15.5. The Morgan fingerprint density at radius 2 is 2.00 bits per heavy atom. The van der Waals surface area contributed by atoms with Crippen LogP contribution in [0.1, 0.15) is 39.2 Å². The van der Waals surface area contributed by atoms with Crippen molar-refractivity contribution >= 4 is 17.6 Å². The highest BCUT2D eigenvalue weighted by atomic mass is 16.4. The van der Waals surface area contributed by atoms with Gasteiger partial charge in [0.25, 0.3) is 0 Å². The Hall–Kier alpha value is -1.84. The smallest absolute Gasteiger partial charge is 0.310 e. The van der Waals surface area contributed by atoms with Crippen LogP contribution >= 0.6 is 0 Å². The number of carbonyl (C=O) groups excluding carboxylic acids is 1. The molecular formula is C17H23NO3. The van der Waals surface area contributed by atoms with Crippen molar-refractivity contribution in [3.05, 3.63) is 29.8 Å². The molecule has 2 rings (SSSR count). The summed E-state index contributed by atoms with van der Waals surface area (Å²) >= 11 is 0. The normalized spacial score (nSPS) is 17.2. The van der Waals surface area contributed by atoms with Crippen molar-refractivity contribution < 1.29 is 14.7 Å². The maximum absolute atomic E-state index is 12.6. The predicted molar refractivity (Wildman–Crippen MR) is 82.3 cm³/mol. The van der Waals surface area contributed by atoms with Gasteiger partial charge in [-0.05, 0) is 37.3 Å². The van der Waals surface area contributed by atoms with Gasteiger partial charge < -0.3 is 10.0 Å². The zero-order valence-corrected chi connectivity index (χ0v) is 12.9. The van der Waals surface area contributed by atoms with E-state index < -0.39 is 11.4 Å². The van der Waals surface area contributed by atoms with Crippen LogP contribution in [0.2, 0.25) is 0 Å². The van der Waals surface area contributed by atoms with Crippen LogP contribution < -0.4 is 4.90 Å². The Balaban J connectivity index is 2.24. The van der Waals surface area contributed by atoms with Crippen molar-refractivity contribution in [2.24, 2.45) is 11.3 Å². The topological polar surface area (TPSA) is 57.6 Å². The van der Waals surface area contributed by atoms with Gasteiger partial charge in [0.15, 0.2) is 0 Å². The van der Waals surface area contributed by atoms with Gasteiger partial charge in [-0.2, -0.15) is 0 Å². The van der Waals surface area contributed by atoms with E-state index in [1.54, 1.807) is 11.8 Å². The van der Waals surface area contributed by atoms with E-state index >= 15 is 0 Å². The molecule has 0 aromatic heterocycles. The lowest BCUT2D eigenvalue weighted by atomic mass is 9.76. The van der Waals surface area contributed by atoms with Crippen LogP contribution in [0.3, 0.4) is 0 Å². The molecule has 0 saturated heterocycles. The summed E-state index contributed by atoms with van der Waals surface area (Å²) in [7, 11) is 0. The van der Waals surface area contributed by atoms with Gasteiger partial charge in [0, 0.05) is 18.7 Å². The average molecular weight is 289 g/mol. The van der Waals surface area contributed by atoms with E-state index in [-0.39, 0.29) is 18.2 Å². The van der Waals surface area contributed by atoms with Crippen molar-refractivity contribution in [2.45, 2.75) is 40.0 Å². The fraction of sp³-hybridized carbons (Fsp3) is 0.529. The fourth-order valence-corrected chi connectivity index (χ4v) is 2.73. The Morgan fingerprint density at radius 1 is 1.33 bits per heavy atom. The first-order valence-electron chi connectivity index (χ1n) is 7.48. The Kier molecular flexibility index (Phi) is 4.35. The van der Waals surface area contributed by atoms with Crippen LogP contribution in [0.15, 0.2) is 24.3 Å². The van der Waals surface area contributed by atoms with Crippen LogP contribution in [0.25, 0.3) is 0 Å². The number of hydrogen-bond donors (Lipinski definition) is 1. The molecule has 0 fully saturated rings. The number of para-hydroxylation sites is 1. The van der Waals surface area contributed by atoms with Crippen LogP contribution in [0, 0.1) is 11.3 Å². The first-order chi connectivity index (χ1) is 9.86.